The van der Waals surface area contributed by atoms with Gasteiger partial charge in [0.1, 0.15) is 6.04 Å². The molecule has 6 nitrogen and oxygen atoms in total. The summed E-state index contributed by atoms with van der Waals surface area (Å²) in [6.45, 7) is 3.37. The van der Waals surface area contributed by atoms with E-state index >= 15 is 0 Å². The summed E-state index contributed by atoms with van der Waals surface area (Å²) in [7, 11) is -3.48. The quantitative estimate of drug-likeness (QED) is 0.741. The molecule has 2 heterocycles. The summed E-state index contributed by atoms with van der Waals surface area (Å²) in [5, 5.41) is 1.03. The number of rotatable bonds is 8. The number of carbonyl (C=O) groups excluding carboxylic acids is 1. The lowest BCUT2D eigenvalue weighted by Crippen LogP contribution is -2.49. The number of nitrogens with one attached hydrogen (secondary N) is 2. The molecule has 2 N–H and O–H groups in total. The van der Waals surface area contributed by atoms with E-state index in [9.17, 15) is 13.2 Å². The van der Waals surface area contributed by atoms with E-state index in [4.69, 9.17) is 0 Å². The third-order valence-electron chi connectivity index (χ3n) is 4.90. The second-order valence-corrected chi connectivity index (χ2v) is 8.81. The van der Waals surface area contributed by atoms with E-state index in [1.165, 1.54) is 0 Å². The average Bonchev–Trinajstić information content (AvgIpc) is 3.29. The number of aromatic nitrogens is 1. The molecule has 1 aromatic carbocycles. The zero-order valence-electron chi connectivity index (χ0n) is 15.2. The number of hydrogen-bond donors (Lipinski definition) is 2. The summed E-state index contributed by atoms with van der Waals surface area (Å²) in [6, 6.07) is 7.10. The minimum atomic E-state index is -3.48. The maximum Gasteiger partial charge on any atom is 0.241 e. The van der Waals surface area contributed by atoms with E-state index in [0.29, 0.717) is 25.9 Å². The Labute approximate surface area is 155 Å². The molecule has 0 saturated carbocycles. The fourth-order valence-corrected chi connectivity index (χ4v) is 4.87. The van der Waals surface area contributed by atoms with Crippen LogP contribution in [0.15, 0.2) is 30.5 Å². The number of aromatic amines is 1. The van der Waals surface area contributed by atoms with Crippen molar-refractivity contribution in [1.29, 1.82) is 0 Å². The number of carbonyl (C=O) groups is 1. The fourth-order valence-electron chi connectivity index (χ4n) is 3.47. The van der Waals surface area contributed by atoms with Crippen LogP contribution in [-0.4, -0.2) is 49.1 Å². The molecular formula is C19H27N3O3S. The van der Waals surface area contributed by atoms with E-state index in [0.717, 1.165) is 35.7 Å². The van der Waals surface area contributed by atoms with Crippen LogP contribution in [0.1, 0.15) is 38.2 Å². The maximum atomic E-state index is 12.9. The number of nitrogens with zero attached hydrogens (tertiary/aromatic N) is 1. The molecule has 142 valence electrons. The first kappa shape index (κ1) is 18.9. The van der Waals surface area contributed by atoms with E-state index in [1.807, 2.05) is 37.4 Å². The van der Waals surface area contributed by atoms with Crippen LogP contribution in [0.25, 0.3) is 10.9 Å². The maximum absolute atomic E-state index is 12.9. The summed E-state index contributed by atoms with van der Waals surface area (Å²) in [5.74, 6) is -0.0610. The Hall–Kier alpha value is -1.86. The smallest absolute Gasteiger partial charge is 0.241 e. The number of para-hydroxylation sites is 1. The van der Waals surface area contributed by atoms with Gasteiger partial charge in [0.2, 0.25) is 15.9 Å². The highest BCUT2D eigenvalue weighted by Gasteiger charge is 2.30. The monoisotopic (exact) mass is 377 g/mol. The highest BCUT2D eigenvalue weighted by Crippen LogP contribution is 2.21. The third kappa shape index (κ3) is 4.45. The molecule has 1 atom stereocenters. The molecular weight excluding hydrogens is 350 g/mol. The Balaban J connectivity index is 1.83. The molecule has 0 bridgehead atoms. The molecule has 3 rings (SSSR count). The van der Waals surface area contributed by atoms with Crippen molar-refractivity contribution < 1.29 is 13.2 Å². The van der Waals surface area contributed by atoms with Crippen molar-refractivity contribution in [2.45, 2.75) is 45.1 Å². The van der Waals surface area contributed by atoms with Crippen molar-refractivity contribution >= 4 is 26.8 Å². The van der Waals surface area contributed by atoms with Crippen molar-refractivity contribution in [3.63, 3.8) is 0 Å². The Bertz CT molecular complexity index is 854. The topological polar surface area (TPSA) is 82.3 Å². The van der Waals surface area contributed by atoms with Gasteiger partial charge in [0.25, 0.3) is 0 Å². The molecule has 2 aromatic rings. The van der Waals surface area contributed by atoms with Crippen LogP contribution >= 0.6 is 0 Å². The highest BCUT2D eigenvalue weighted by atomic mass is 32.2. The molecule has 0 radical (unpaired) electrons. The Morgan fingerprint density at radius 1 is 1.27 bits per heavy atom. The van der Waals surface area contributed by atoms with Gasteiger partial charge in [0.15, 0.2) is 0 Å². The second-order valence-electron chi connectivity index (χ2n) is 6.94. The zero-order chi connectivity index (χ0) is 18.6. The molecule has 1 aliphatic rings. The Kier molecular flexibility index (Phi) is 5.98. The lowest BCUT2D eigenvalue weighted by atomic mass is 10.0. The van der Waals surface area contributed by atoms with Crippen molar-refractivity contribution in [2.75, 3.05) is 18.8 Å². The van der Waals surface area contributed by atoms with Gasteiger partial charge in [-0.25, -0.2) is 13.1 Å². The van der Waals surface area contributed by atoms with Crippen molar-refractivity contribution in [1.82, 2.24) is 14.6 Å². The number of fused-ring (bicyclic) bond motifs is 1. The van der Waals surface area contributed by atoms with E-state index < -0.39 is 16.1 Å². The van der Waals surface area contributed by atoms with Crippen LogP contribution in [0.2, 0.25) is 0 Å². The van der Waals surface area contributed by atoms with Crippen molar-refractivity contribution in [3.05, 3.63) is 36.0 Å². The van der Waals surface area contributed by atoms with Gasteiger partial charge in [-0.15, -0.1) is 0 Å². The Morgan fingerprint density at radius 3 is 2.73 bits per heavy atom. The molecule has 7 heteroatoms. The summed E-state index contributed by atoms with van der Waals surface area (Å²) in [4.78, 5) is 17.9. The molecule has 0 unspecified atom stereocenters. The molecule has 0 spiro atoms. The first-order valence-electron chi connectivity index (χ1n) is 9.34. The fraction of sp³-hybridized carbons (Fsp3) is 0.526. The van der Waals surface area contributed by atoms with Crippen LogP contribution in [0.5, 0.6) is 0 Å². The predicted octanol–water partition coefficient (Wildman–Crippen LogP) is 2.42. The molecule has 0 aliphatic carbocycles. The number of H-pyrrole nitrogens is 1. The first-order valence-corrected chi connectivity index (χ1v) is 11.0. The zero-order valence-corrected chi connectivity index (χ0v) is 16.0. The van der Waals surface area contributed by atoms with Gasteiger partial charge in [0.05, 0.1) is 5.75 Å². The summed E-state index contributed by atoms with van der Waals surface area (Å²) in [5.41, 5.74) is 1.94. The van der Waals surface area contributed by atoms with Crippen LogP contribution in [0, 0.1) is 0 Å². The number of likely N-dealkylation sites (tertiary alicyclic amines) is 1. The van der Waals surface area contributed by atoms with Crippen molar-refractivity contribution in [2.24, 2.45) is 0 Å². The minimum absolute atomic E-state index is 0.0567. The van der Waals surface area contributed by atoms with Crippen LogP contribution in [0.4, 0.5) is 0 Å². The largest absolute Gasteiger partial charge is 0.361 e. The average molecular weight is 378 g/mol. The summed E-state index contributed by atoms with van der Waals surface area (Å²) < 4.78 is 27.5. The number of amides is 1. The van der Waals surface area contributed by atoms with Gasteiger partial charge < -0.3 is 9.88 Å². The SMILES string of the molecule is CCCCS(=O)(=O)N[C@@H](Cc1c[nH]c2ccccc12)C(=O)N1CCCC1. The van der Waals surface area contributed by atoms with Gasteiger partial charge in [-0.2, -0.15) is 0 Å². The molecule has 1 saturated heterocycles. The summed E-state index contributed by atoms with van der Waals surface area (Å²) >= 11 is 0. The van der Waals surface area contributed by atoms with Gasteiger partial charge >= 0.3 is 0 Å². The number of sulfonamides is 1. The lowest BCUT2D eigenvalue weighted by Gasteiger charge is -2.24. The molecule has 1 fully saturated rings. The first-order chi connectivity index (χ1) is 12.5. The normalized spacial score (nSPS) is 16.3. The van der Waals surface area contributed by atoms with Gasteiger partial charge in [-0.05, 0) is 37.3 Å². The van der Waals surface area contributed by atoms with E-state index in [2.05, 4.69) is 9.71 Å². The predicted molar refractivity (Wildman–Crippen MR) is 103 cm³/mol. The van der Waals surface area contributed by atoms with Crippen LogP contribution in [-0.2, 0) is 21.2 Å². The van der Waals surface area contributed by atoms with Crippen LogP contribution < -0.4 is 4.72 Å². The number of benzene rings is 1. The van der Waals surface area contributed by atoms with Gasteiger partial charge in [-0.3, -0.25) is 4.79 Å². The van der Waals surface area contributed by atoms with Crippen LogP contribution in [0.3, 0.4) is 0 Å². The number of hydrogen-bond acceptors (Lipinski definition) is 3. The van der Waals surface area contributed by atoms with Gasteiger partial charge in [0, 0.05) is 30.2 Å². The lowest BCUT2D eigenvalue weighted by molar-refractivity contribution is -0.131. The third-order valence-corrected chi connectivity index (χ3v) is 6.37. The number of unbranched alkanes of at least 4 members (excludes halogenated alkanes) is 1. The molecule has 1 aromatic heterocycles. The molecule has 1 amide bonds. The standard InChI is InChI=1S/C19H27N3O3S/c1-2-3-12-26(24,25)21-18(19(23)22-10-6-7-11-22)13-15-14-20-17-9-5-4-8-16(15)17/h4-5,8-9,14,18,20-21H,2-3,6-7,10-13H2,1H3/t18-/m0/s1. The van der Waals surface area contributed by atoms with Gasteiger partial charge in [-0.1, -0.05) is 31.5 Å². The van der Waals surface area contributed by atoms with E-state index in [1.54, 1.807) is 4.90 Å². The van der Waals surface area contributed by atoms with E-state index in [-0.39, 0.29) is 11.7 Å². The molecule has 26 heavy (non-hydrogen) atoms. The van der Waals surface area contributed by atoms with Crippen molar-refractivity contribution in [3.8, 4) is 0 Å². The highest BCUT2D eigenvalue weighted by molar-refractivity contribution is 7.89. The Morgan fingerprint density at radius 2 is 2.00 bits per heavy atom. The minimum Gasteiger partial charge on any atom is -0.361 e. The second kappa shape index (κ2) is 8.22. The molecule has 1 aliphatic heterocycles. The summed E-state index contributed by atoms with van der Waals surface area (Å²) in [6.07, 6.45) is 5.57.